The largest absolute Gasteiger partial charge is 0.366 e. The predicted molar refractivity (Wildman–Crippen MR) is 66.3 cm³/mol. The molecule has 3 nitrogen and oxygen atoms in total. The lowest BCUT2D eigenvalue weighted by Gasteiger charge is -2.04. The van der Waals surface area contributed by atoms with Crippen molar-refractivity contribution in [2.45, 2.75) is 19.6 Å². The molecule has 1 heterocycles. The Kier molecular flexibility index (Phi) is 5.55. The van der Waals surface area contributed by atoms with Crippen molar-refractivity contribution in [1.82, 2.24) is 4.98 Å². The first-order chi connectivity index (χ1) is 6.87. The highest BCUT2D eigenvalue weighted by Gasteiger charge is 2.03. The highest BCUT2D eigenvalue weighted by atomic mass is 28.3. The summed E-state index contributed by atoms with van der Waals surface area (Å²) in [5, 5.41) is 0. The Morgan fingerprint density at radius 3 is 2.27 bits per heavy atom. The van der Waals surface area contributed by atoms with Gasteiger partial charge in [0.25, 0.3) is 0 Å². The first-order valence-corrected chi connectivity index (χ1v) is 8.28. The number of rotatable bonds is 2. The molecule has 0 unspecified atom stereocenters. The maximum atomic E-state index is 10.4. The average molecular weight is 222 g/mol. The Balaban J connectivity index is 0.000000288. The molecule has 1 aromatic heterocycles. The van der Waals surface area contributed by atoms with E-state index in [1.54, 1.807) is 18.3 Å². The summed E-state index contributed by atoms with van der Waals surface area (Å²) in [6.45, 7) is 10.5. The number of amides is 1. The fourth-order valence-electron chi connectivity index (χ4n) is 0.509. The second-order valence-corrected chi connectivity index (χ2v) is 9.32. The zero-order chi connectivity index (χ0) is 11.9. The van der Waals surface area contributed by atoms with Gasteiger partial charge in [-0.3, -0.25) is 9.78 Å². The van der Waals surface area contributed by atoms with Crippen LogP contribution in [-0.2, 0) is 0 Å². The lowest BCUT2D eigenvalue weighted by atomic mass is 10.3. The molecule has 0 saturated heterocycles. The van der Waals surface area contributed by atoms with E-state index >= 15 is 0 Å². The predicted octanol–water partition coefficient (Wildman–Crippen LogP) is 2.23. The minimum absolute atomic E-state index is 0.442. The van der Waals surface area contributed by atoms with Crippen LogP contribution < -0.4 is 5.73 Å². The molecule has 1 aromatic rings. The van der Waals surface area contributed by atoms with Crippen LogP contribution in [0.5, 0.6) is 0 Å². The molecule has 0 spiro atoms. The van der Waals surface area contributed by atoms with Gasteiger partial charge >= 0.3 is 0 Å². The fraction of sp³-hybridized carbons (Fsp3) is 0.273. The van der Waals surface area contributed by atoms with Gasteiger partial charge in [0.2, 0.25) is 5.91 Å². The number of carbonyl (C=O) groups excluding carboxylic acids is 1. The number of primary amides is 1. The molecule has 15 heavy (non-hydrogen) atoms. The van der Waals surface area contributed by atoms with E-state index in [1.807, 2.05) is 0 Å². The van der Waals surface area contributed by atoms with E-state index in [9.17, 15) is 4.79 Å². The van der Waals surface area contributed by atoms with E-state index in [0.29, 0.717) is 5.56 Å². The summed E-state index contributed by atoms with van der Waals surface area (Å²) >= 11 is 0. The van der Waals surface area contributed by atoms with Gasteiger partial charge in [0, 0.05) is 12.4 Å². The third-order valence-corrected chi connectivity index (χ3v) is 2.78. The molecule has 0 bridgehead atoms. The molecule has 0 atom stereocenters. The van der Waals surface area contributed by atoms with E-state index in [-0.39, 0.29) is 0 Å². The normalized spacial score (nSPS) is 9.80. The van der Waals surface area contributed by atoms with Crippen molar-refractivity contribution < 1.29 is 4.79 Å². The van der Waals surface area contributed by atoms with Gasteiger partial charge in [0.15, 0.2) is 0 Å². The van der Waals surface area contributed by atoms with Crippen LogP contribution in [0.3, 0.4) is 0 Å². The van der Waals surface area contributed by atoms with Crippen LogP contribution >= 0.6 is 0 Å². The molecule has 0 aliphatic heterocycles. The van der Waals surface area contributed by atoms with E-state index in [1.165, 1.54) is 6.20 Å². The molecule has 0 saturated carbocycles. The van der Waals surface area contributed by atoms with Crippen LogP contribution in [-0.4, -0.2) is 19.0 Å². The summed E-state index contributed by atoms with van der Waals surface area (Å²) < 4.78 is 0. The Hall–Kier alpha value is -1.42. The number of carbonyl (C=O) groups is 1. The van der Waals surface area contributed by atoms with Crippen LogP contribution in [0, 0.1) is 0 Å². The van der Waals surface area contributed by atoms with Gasteiger partial charge in [-0.1, -0.05) is 19.6 Å². The summed E-state index contributed by atoms with van der Waals surface area (Å²) in [4.78, 5) is 14.1. The average Bonchev–Trinajstić information content (AvgIpc) is 2.19. The summed E-state index contributed by atoms with van der Waals surface area (Å²) in [5.74, 6) is -0.442. The molecule has 2 N–H and O–H groups in total. The summed E-state index contributed by atoms with van der Waals surface area (Å²) in [5.41, 5.74) is 7.45. The lowest BCUT2D eigenvalue weighted by Crippen LogP contribution is -2.14. The first-order valence-electron chi connectivity index (χ1n) is 4.70. The lowest BCUT2D eigenvalue weighted by molar-refractivity contribution is 0.1000. The number of nitrogens with zero attached hydrogens (tertiary/aromatic N) is 1. The first kappa shape index (κ1) is 13.6. The molecule has 1 rings (SSSR count). The highest BCUT2D eigenvalue weighted by molar-refractivity contribution is 6.80. The standard InChI is InChI=1S/C6H6N2O.C5H12Si/c7-6(9)5-2-1-3-8-4-5;1-5-6(2,3)4/h1-4H,(H2,7,9);5H,1H2,2-4H3. The van der Waals surface area contributed by atoms with Gasteiger partial charge in [0.1, 0.15) is 0 Å². The fourth-order valence-corrected chi connectivity index (χ4v) is 0.509. The van der Waals surface area contributed by atoms with E-state index < -0.39 is 14.0 Å². The summed E-state index contributed by atoms with van der Waals surface area (Å²) in [6, 6.07) is 3.29. The van der Waals surface area contributed by atoms with Crippen molar-refractivity contribution in [3.63, 3.8) is 0 Å². The molecule has 4 heteroatoms. The monoisotopic (exact) mass is 222 g/mol. The number of pyridine rings is 1. The number of nitrogens with two attached hydrogens (primary N) is 1. The Bertz CT molecular complexity index is 317. The highest BCUT2D eigenvalue weighted by Crippen LogP contribution is 1.98. The van der Waals surface area contributed by atoms with Crippen LogP contribution in [0.4, 0.5) is 0 Å². The van der Waals surface area contributed by atoms with Gasteiger partial charge < -0.3 is 5.73 Å². The molecule has 0 radical (unpaired) electrons. The Morgan fingerprint density at radius 1 is 1.53 bits per heavy atom. The smallest absolute Gasteiger partial charge is 0.250 e. The quantitative estimate of drug-likeness (QED) is 0.780. The van der Waals surface area contributed by atoms with Crippen LogP contribution in [0.15, 0.2) is 36.8 Å². The zero-order valence-corrected chi connectivity index (χ0v) is 10.5. The van der Waals surface area contributed by atoms with Gasteiger partial charge in [-0.05, 0) is 12.1 Å². The minimum Gasteiger partial charge on any atom is -0.366 e. The van der Waals surface area contributed by atoms with Crippen molar-refractivity contribution in [1.29, 1.82) is 0 Å². The third kappa shape index (κ3) is 7.63. The van der Waals surface area contributed by atoms with E-state index in [0.717, 1.165) is 0 Å². The second-order valence-electron chi connectivity index (χ2n) is 4.18. The molecule has 0 aromatic carbocycles. The van der Waals surface area contributed by atoms with Crippen molar-refractivity contribution >= 4 is 14.0 Å². The van der Waals surface area contributed by atoms with Crippen LogP contribution in [0.1, 0.15) is 10.4 Å². The van der Waals surface area contributed by atoms with Crippen LogP contribution in [0.2, 0.25) is 19.6 Å². The van der Waals surface area contributed by atoms with Gasteiger partial charge in [0.05, 0.1) is 13.6 Å². The molecule has 0 aliphatic carbocycles. The molecule has 0 fully saturated rings. The topological polar surface area (TPSA) is 56.0 Å². The summed E-state index contributed by atoms with van der Waals surface area (Å²) in [7, 11) is -0.867. The summed E-state index contributed by atoms with van der Waals surface area (Å²) in [6.07, 6.45) is 3.02. The van der Waals surface area contributed by atoms with Gasteiger partial charge in [-0.15, -0.1) is 12.3 Å². The molecule has 1 amide bonds. The SMILES string of the molecule is C=C[Si](C)(C)C.NC(=O)c1cccnc1. The molecule has 0 aliphatic rings. The van der Waals surface area contributed by atoms with Gasteiger partial charge in [-0.2, -0.15) is 0 Å². The Morgan fingerprint density at radius 2 is 2.07 bits per heavy atom. The second kappa shape index (κ2) is 6.13. The van der Waals surface area contributed by atoms with Crippen molar-refractivity contribution in [3.05, 3.63) is 42.4 Å². The van der Waals surface area contributed by atoms with Gasteiger partial charge in [-0.25, -0.2) is 0 Å². The molecular formula is C11H18N2OSi. The van der Waals surface area contributed by atoms with Crippen LogP contribution in [0.25, 0.3) is 0 Å². The van der Waals surface area contributed by atoms with Crippen molar-refractivity contribution in [2.24, 2.45) is 5.73 Å². The third-order valence-electron chi connectivity index (χ3n) is 1.56. The van der Waals surface area contributed by atoms with E-state index in [2.05, 4.69) is 36.9 Å². The maximum absolute atomic E-state index is 10.4. The van der Waals surface area contributed by atoms with Crippen molar-refractivity contribution in [2.75, 3.05) is 0 Å². The minimum atomic E-state index is -0.867. The Labute approximate surface area is 92.0 Å². The van der Waals surface area contributed by atoms with Crippen molar-refractivity contribution in [3.8, 4) is 0 Å². The zero-order valence-electron chi connectivity index (χ0n) is 9.53. The molecular weight excluding hydrogens is 204 g/mol. The number of aromatic nitrogens is 1. The molecule has 82 valence electrons. The number of hydrogen-bond acceptors (Lipinski definition) is 2. The van der Waals surface area contributed by atoms with E-state index in [4.69, 9.17) is 5.73 Å². The number of hydrogen-bond donors (Lipinski definition) is 1. The maximum Gasteiger partial charge on any atom is 0.250 e.